The average Bonchev–Trinajstić information content (AvgIpc) is 3.29. The number of aryl methyl sites for hydroxylation is 2. The number of piperidine rings is 1. The Kier molecular flexibility index (Phi) is 6.83. The van der Waals surface area contributed by atoms with E-state index in [-0.39, 0.29) is 0 Å². The summed E-state index contributed by atoms with van der Waals surface area (Å²) in [7, 11) is 1.91. The number of rotatable bonds is 5. The van der Waals surface area contributed by atoms with Crippen LogP contribution in [-0.2, 0) is 9.57 Å². The first kappa shape index (κ1) is 23.9. The molecule has 3 aliphatic heterocycles. The van der Waals surface area contributed by atoms with E-state index >= 15 is 0 Å². The van der Waals surface area contributed by atoms with Crippen LogP contribution in [0.5, 0.6) is 0 Å². The lowest BCUT2D eigenvalue weighted by molar-refractivity contribution is 0.0647. The Morgan fingerprint density at radius 1 is 1.23 bits per heavy atom. The molecule has 1 aromatic carbocycles. The predicted octanol–water partition coefficient (Wildman–Crippen LogP) is 3.78. The van der Waals surface area contributed by atoms with Gasteiger partial charge in [-0.15, -0.1) is 0 Å². The van der Waals surface area contributed by atoms with Crippen molar-refractivity contribution in [2.24, 2.45) is 5.92 Å². The van der Waals surface area contributed by atoms with E-state index in [0.717, 1.165) is 97.1 Å². The Morgan fingerprint density at radius 3 is 2.71 bits per heavy atom. The molecule has 186 valence electrons. The maximum Gasteiger partial charge on any atom is 0.178 e. The fraction of sp³-hybridized carbons (Fsp3) is 0.556. The van der Waals surface area contributed by atoms with Gasteiger partial charge in [0.25, 0.3) is 0 Å². The van der Waals surface area contributed by atoms with Gasteiger partial charge in [-0.1, -0.05) is 5.59 Å². The van der Waals surface area contributed by atoms with Gasteiger partial charge in [-0.2, -0.15) is 5.26 Å². The van der Waals surface area contributed by atoms with Gasteiger partial charge in [0.2, 0.25) is 0 Å². The highest BCUT2D eigenvalue weighted by atomic mass is 16.7. The Balaban J connectivity index is 1.46. The topological polar surface area (TPSA) is 85.7 Å². The monoisotopic (exact) mass is 476 g/mol. The van der Waals surface area contributed by atoms with Crippen molar-refractivity contribution in [1.82, 2.24) is 20.9 Å². The molecule has 0 bridgehead atoms. The normalized spacial score (nSPS) is 23.3. The van der Waals surface area contributed by atoms with Crippen molar-refractivity contribution in [2.75, 3.05) is 38.3 Å². The molecule has 5 rings (SSSR count). The Labute approximate surface area is 207 Å². The van der Waals surface area contributed by atoms with Crippen molar-refractivity contribution in [1.29, 1.82) is 5.26 Å². The fourth-order valence-electron chi connectivity index (χ4n) is 5.66. The molecule has 1 aromatic heterocycles. The number of ether oxygens (including phenoxy) is 1. The first-order valence-electron chi connectivity index (χ1n) is 12.7. The van der Waals surface area contributed by atoms with Crippen LogP contribution in [0.4, 0.5) is 5.82 Å². The summed E-state index contributed by atoms with van der Waals surface area (Å²) in [4.78, 5) is 13.4. The molecule has 0 radical (unpaired) electrons. The van der Waals surface area contributed by atoms with E-state index in [9.17, 15) is 5.26 Å². The number of nitriles is 1. The summed E-state index contributed by atoms with van der Waals surface area (Å²) in [6.07, 6.45) is 6.38. The zero-order chi connectivity index (χ0) is 24.5. The molecule has 8 heteroatoms. The third kappa shape index (κ3) is 4.81. The van der Waals surface area contributed by atoms with Crippen molar-refractivity contribution in [2.45, 2.75) is 58.5 Å². The molecule has 2 N–H and O–H groups in total. The van der Waals surface area contributed by atoms with Gasteiger partial charge in [0.05, 0.1) is 22.8 Å². The van der Waals surface area contributed by atoms with Crippen LogP contribution in [0, 0.1) is 31.1 Å². The highest BCUT2D eigenvalue weighted by molar-refractivity contribution is 5.94. The van der Waals surface area contributed by atoms with Crippen LogP contribution in [0.15, 0.2) is 18.3 Å². The summed E-state index contributed by atoms with van der Waals surface area (Å²) in [6.45, 7) is 10.2. The minimum atomic E-state index is 0.308. The quantitative estimate of drug-likeness (QED) is 0.675. The average molecular weight is 477 g/mol. The lowest BCUT2D eigenvalue weighted by Crippen LogP contribution is -2.49. The number of fused-ring (bicyclic) bond motifs is 1. The smallest absolute Gasteiger partial charge is 0.178 e. The van der Waals surface area contributed by atoms with Gasteiger partial charge in [-0.25, -0.2) is 4.98 Å². The van der Waals surface area contributed by atoms with E-state index in [1.54, 1.807) is 5.01 Å². The summed E-state index contributed by atoms with van der Waals surface area (Å²) in [5.41, 5.74) is 7.41. The third-order valence-electron chi connectivity index (χ3n) is 7.64. The van der Waals surface area contributed by atoms with Crippen LogP contribution in [0.25, 0.3) is 16.7 Å². The molecule has 8 nitrogen and oxygen atoms in total. The third-order valence-corrected chi connectivity index (χ3v) is 7.64. The van der Waals surface area contributed by atoms with Crippen LogP contribution in [0.1, 0.15) is 54.9 Å². The number of pyridine rings is 1. The molecule has 0 aliphatic carbocycles. The summed E-state index contributed by atoms with van der Waals surface area (Å²) in [5, 5.41) is 16.5. The van der Waals surface area contributed by atoms with E-state index in [1.165, 1.54) is 0 Å². The molecule has 0 unspecified atom stereocenters. The molecular formula is C27H36N6O2. The van der Waals surface area contributed by atoms with Gasteiger partial charge >= 0.3 is 0 Å². The first-order valence-corrected chi connectivity index (χ1v) is 12.7. The summed E-state index contributed by atoms with van der Waals surface area (Å²) >= 11 is 0. The number of hydrazine groups is 1. The van der Waals surface area contributed by atoms with Crippen molar-refractivity contribution in [3.63, 3.8) is 0 Å². The number of hydrogen-bond donors (Lipinski definition) is 2. The molecule has 35 heavy (non-hydrogen) atoms. The van der Waals surface area contributed by atoms with Gasteiger partial charge in [0.1, 0.15) is 11.9 Å². The van der Waals surface area contributed by atoms with Crippen molar-refractivity contribution in [3.8, 4) is 6.07 Å². The zero-order valence-corrected chi connectivity index (χ0v) is 21.2. The maximum atomic E-state index is 9.85. The zero-order valence-electron chi connectivity index (χ0n) is 21.2. The minimum Gasteiger partial charge on any atom is -0.387 e. The van der Waals surface area contributed by atoms with Crippen LogP contribution >= 0.6 is 0 Å². The molecule has 3 aliphatic rings. The number of nitrogens with zero attached hydrogens (tertiary/aromatic N) is 4. The summed E-state index contributed by atoms with van der Waals surface area (Å²) in [5.74, 6) is 2.37. The second kappa shape index (κ2) is 10.0. The van der Waals surface area contributed by atoms with Crippen LogP contribution in [0.2, 0.25) is 0 Å². The molecular weight excluding hydrogens is 440 g/mol. The minimum absolute atomic E-state index is 0.308. The van der Waals surface area contributed by atoms with Gasteiger partial charge in [-0.05, 0) is 82.2 Å². The molecule has 2 atom stereocenters. The molecule has 2 aromatic rings. The highest BCUT2D eigenvalue weighted by Crippen LogP contribution is 2.38. The van der Waals surface area contributed by atoms with Crippen molar-refractivity contribution in [3.05, 3.63) is 40.6 Å². The Morgan fingerprint density at radius 2 is 2.03 bits per heavy atom. The van der Waals surface area contributed by atoms with Crippen LogP contribution < -0.4 is 15.8 Å². The van der Waals surface area contributed by atoms with E-state index < -0.39 is 0 Å². The number of benzene rings is 1. The number of nitrogens with one attached hydrogen (secondary N) is 2. The molecule has 0 amide bonds. The van der Waals surface area contributed by atoms with E-state index in [4.69, 9.17) is 14.6 Å². The molecule has 2 fully saturated rings. The Hall–Kier alpha value is -2.86. The summed E-state index contributed by atoms with van der Waals surface area (Å²) in [6, 6.07) is 7.22. The number of aromatic nitrogens is 1. The molecule has 0 spiro atoms. The fourth-order valence-corrected chi connectivity index (χ4v) is 5.66. The van der Waals surface area contributed by atoms with Gasteiger partial charge in [0.15, 0.2) is 5.76 Å². The second-order valence-corrected chi connectivity index (χ2v) is 10.3. The molecule has 4 heterocycles. The van der Waals surface area contributed by atoms with E-state index in [2.05, 4.69) is 41.8 Å². The Bertz CT molecular complexity index is 1170. The lowest BCUT2D eigenvalue weighted by atomic mass is 9.93. The van der Waals surface area contributed by atoms with E-state index in [1.807, 2.05) is 26.2 Å². The van der Waals surface area contributed by atoms with Crippen LogP contribution in [0.3, 0.4) is 0 Å². The predicted molar refractivity (Wildman–Crippen MR) is 137 cm³/mol. The standard InChI is InChI=1S/C27H36N6O2/c1-17-11-21(14-28)26-23(12-17)19(3)25(24-16-32(4)31-35-24)27(30-26)33-8-5-22(13-18(33)2)29-15-20-6-9-34-10-7-20/h11-12,16,18,20,22,29,31H,5-10,13,15H2,1-4H3/t18-,22-/m1/s1. The number of hydrogen-bond acceptors (Lipinski definition) is 8. The van der Waals surface area contributed by atoms with Gasteiger partial charge in [-0.3, -0.25) is 5.01 Å². The molecule has 0 saturated carbocycles. The first-order chi connectivity index (χ1) is 16.9. The maximum absolute atomic E-state index is 9.85. The molecule has 2 saturated heterocycles. The van der Waals surface area contributed by atoms with E-state index in [0.29, 0.717) is 17.6 Å². The number of anilines is 1. The lowest BCUT2D eigenvalue weighted by Gasteiger charge is -2.40. The summed E-state index contributed by atoms with van der Waals surface area (Å²) < 4.78 is 5.51. The van der Waals surface area contributed by atoms with Gasteiger partial charge < -0.3 is 19.8 Å². The second-order valence-electron chi connectivity index (χ2n) is 10.3. The highest BCUT2D eigenvalue weighted by Gasteiger charge is 2.32. The van der Waals surface area contributed by atoms with Gasteiger partial charge in [0, 0.05) is 44.3 Å². The SMILES string of the molecule is Cc1cc(C#N)c2nc(N3CC[C@@H](NCC4CCOCC4)C[C@H]3C)c(C3=CN(C)NO3)c(C)c2c1. The van der Waals surface area contributed by atoms with Crippen molar-refractivity contribution < 1.29 is 9.57 Å². The largest absolute Gasteiger partial charge is 0.387 e. The van der Waals surface area contributed by atoms with Crippen LogP contribution in [-0.4, -0.2) is 55.4 Å². The van der Waals surface area contributed by atoms with Crippen molar-refractivity contribution >= 4 is 22.5 Å².